The van der Waals surface area contributed by atoms with E-state index >= 15 is 0 Å². The first kappa shape index (κ1) is 11.7. The first-order valence-corrected chi connectivity index (χ1v) is 7.60. The standard InChI is InChI=1S/C16H20O3/c1-2-12-11-4-9-3-10(5-11)8-16(12,7-9)13-6-14(17)19-15(13)18/h6,9-12H,2-5,7-8H2,1H3. The topological polar surface area (TPSA) is 43.4 Å². The lowest BCUT2D eigenvalue weighted by Gasteiger charge is -2.61. The highest BCUT2D eigenvalue weighted by molar-refractivity contribution is 6.09. The second-order valence-corrected chi connectivity index (χ2v) is 7.04. The van der Waals surface area contributed by atoms with Crippen molar-refractivity contribution in [2.75, 3.05) is 0 Å². The maximum atomic E-state index is 12.1. The molecular formula is C16H20O3. The van der Waals surface area contributed by atoms with Gasteiger partial charge in [-0.05, 0) is 55.8 Å². The van der Waals surface area contributed by atoms with E-state index in [0.29, 0.717) is 11.5 Å². The van der Waals surface area contributed by atoms with Gasteiger partial charge in [0.25, 0.3) is 0 Å². The molecule has 3 heteroatoms. The van der Waals surface area contributed by atoms with Gasteiger partial charge in [-0.2, -0.15) is 0 Å². The molecule has 0 aromatic heterocycles. The molecular weight excluding hydrogens is 240 g/mol. The molecule has 19 heavy (non-hydrogen) atoms. The van der Waals surface area contributed by atoms with Crippen molar-refractivity contribution < 1.29 is 14.3 Å². The lowest BCUT2D eigenvalue weighted by atomic mass is 9.43. The Bertz CT molecular complexity index is 476. The van der Waals surface area contributed by atoms with Crippen LogP contribution in [0.4, 0.5) is 0 Å². The molecule has 0 spiro atoms. The Balaban J connectivity index is 1.81. The fraction of sp³-hybridized carbons (Fsp3) is 0.750. The zero-order valence-electron chi connectivity index (χ0n) is 11.4. The fourth-order valence-electron chi connectivity index (χ4n) is 5.99. The largest absolute Gasteiger partial charge is 0.386 e. The van der Waals surface area contributed by atoms with E-state index in [4.69, 9.17) is 4.74 Å². The summed E-state index contributed by atoms with van der Waals surface area (Å²) < 4.78 is 4.79. The molecule has 1 heterocycles. The summed E-state index contributed by atoms with van der Waals surface area (Å²) in [5.74, 6) is 2.07. The molecule has 4 saturated carbocycles. The Morgan fingerprint density at radius 3 is 2.42 bits per heavy atom. The maximum Gasteiger partial charge on any atom is 0.342 e. The van der Waals surface area contributed by atoms with Gasteiger partial charge in [0.2, 0.25) is 0 Å². The van der Waals surface area contributed by atoms with Gasteiger partial charge in [-0.3, -0.25) is 0 Å². The van der Waals surface area contributed by atoms with E-state index < -0.39 is 5.97 Å². The number of carbonyl (C=O) groups is 2. The second kappa shape index (κ2) is 3.71. The Morgan fingerprint density at radius 2 is 1.89 bits per heavy atom. The summed E-state index contributed by atoms with van der Waals surface area (Å²) >= 11 is 0. The van der Waals surface area contributed by atoms with Crippen molar-refractivity contribution in [2.45, 2.75) is 45.4 Å². The van der Waals surface area contributed by atoms with Gasteiger partial charge in [-0.15, -0.1) is 0 Å². The van der Waals surface area contributed by atoms with Gasteiger partial charge in [0.15, 0.2) is 0 Å². The summed E-state index contributed by atoms with van der Waals surface area (Å²) in [5, 5.41) is 0. The smallest absolute Gasteiger partial charge is 0.342 e. The minimum Gasteiger partial charge on any atom is -0.386 e. The lowest BCUT2D eigenvalue weighted by Crippen LogP contribution is -2.54. The number of ether oxygens (including phenoxy) is 1. The summed E-state index contributed by atoms with van der Waals surface area (Å²) in [6.45, 7) is 2.23. The molecule has 4 bridgehead atoms. The predicted octanol–water partition coefficient (Wildman–Crippen LogP) is 2.85. The second-order valence-electron chi connectivity index (χ2n) is 7.04. The molecule has 3 unspecified atom stereocenters. The van der Waals surface area contributed by atoms with E-state index in [9.17, 15) is 9.59 Å². The van der Waals surface area contributed by atoms with Crippen molar-refractivity contribution >= 4 is 11.9 Å². The zero-order chi connectivity index (χ0) is 13.2. The Hall–Kier alpha value is -1.12. The van der Waals surface area contributed by atoms with Crippen molar-refractivity contribution in [3.8, 4) is 0 Å². The third kappa shape index (κ3) is 1.44. The molecule has 4 fully saturated rings. The molecule has 0 aromatic rings. The van der Waals surface area contributed by atoms with Crippen LogP contribution in [0.1, 0.15) is 45.4 Å². The first-order chi connectivity index (χ1) is 9.12. The third-order valence-electron chi connectivity index (χ3n) is 6.18. The highest BCUT2D eigenvalue weighted by Crippen LogP contribution is 2.66. The van der Waals surface area contributed by atoms with Gasteiger partial charge in [-0.25, -0.2) is 9.59 Å². The molecule has 0 aromatic carbocycles. The van der Waals surface area contributed by atoms with Gasteiger partial charge in [-0.1, -0.05) is 13.3 Å². The predicted molar refractivity (Wildman–Crippen MR) is 69.0 cm³/mol. The first-order valence-electron chi connectivity index (χ1n) is 7.60. The monoisotopic (exact) mass is 260 g/mol. The quantitative estimate of drug-likeness (QED) is 0.566. The van der Waals surface area contributed by atoms with E-state index in [1.165, 1.54) is 25.3 Å². The molecule has 3 atom stereocenters. The Morgan fingerprint density at radius 1 is 1.21 bits per heavy atom. The van der Waals surface area contributed by atoms with Crippen LogP contribution in [-0.2, 0) is 14.3 Å². The molecule has 4 aliphatic carbocycles. The van der Waals surface area contributed by atoms with Crippen LogP contribution in [0.2, 0.25) is 0 Å². The lowest BCUT2D eigenvalue weighted by molar-refractivity contribution is -0.153. The SMILES string of the molecule is CCC1C2CC3CC(C2)CC1(C1=CC(=O)OC1=O)C3. The van der Waals surface area contributed by atoms with Crippen molar-refractivity contribution in [3.63, 3.8) is 0 Å². The van der Waals surface area contributed by atoms with Gasteiger partial charge >= 0.3 is 11.9 Å². The van der Waals surface area contributed by atoms with Crippen molar-refractivity contribution in [1.82, 2.24) is 0 Å². The van der Waals surface area contributed by atoms with Crippen LogP contribution in [0.15, 0.2) is 11.6 Å². The van der Waals surface area contributed by atoms with E-state index in [2.05, 4.69) is 6.92 Å². The number of hydrogen-bond donors (Lipinski definition) is 0. The maximum absolute atomic E-state index is 12.1. The van der Waals surface area contributed by atoms with Crippen LogP contribution in [0, 0.1) is 29.1 Å². The molecule has 1 aliphatic heterocycles. The number of cyclic esters (lactones) is 2. The molecule has 0 N–H and O–H groups in total. The van der Waals surface area contributed by atoms with Crippen LogP contribution >= 0.6 is 0 Å². The zero-order valence-corrected chi connectivity index (χ0v) is 11.4. The Kier molecular flexibility index (Phi) is 2.28. The van der Waals surface area contributed by atoms with Crippen LogP contribution in [0.5, 0.6) is 0 Å². The van der Waals surface area contributed by atoms with Crippen molar-refractivity contribution in [1.29, 1.82) is 0 Å². The van der Waals surface area contributed by atoms with Crippen molar-refractivity contribution in [3.05, 3.63) is 11.6 Å². The minimum absolute atomic E-state index is 0.0350. The van der Waals surface area contributed by atoms with Crippen molar-refractivity contribution in [2.24, 2.45) is 29.1 Å². The van der Waals surface area contributed by atoms with Crippen LogP contribution in [0.25, 0.3) is 0 Å². The summed E-state index contributed by atoms with van der Waals surface area (Å²) in [4.78, 5) is 23.5. The fourth-order valence-corrected chi connectivity index (χ4v) is 5.99. The summed E-state index contributed by atoms with van der Waals surface area (Å²) in [6.07, 6.45) is 8.84. The number of carbonyl (C=O) groups excluding carboxylic acids is 2. The number of rotatable bonds is 2. The molecule has 0 saturated heterocycles. The summed E-state index contributed by atoms with van der Waals surface area (Å²) in [5.41, 5.74) is 0.677. The van der Waals surface area contributed by atoms with Gasteiger partial charge in [0.05, 0.1) is 5.57 Å². The average Bonchev–Trinajstić information content (AvgIpc) is 2.68. The Labute approximate surface area is 113 Å². The molecule has 0 radical (unpaired) electrons. The summed E-state index contributed by atoms with van der Waals surface area (Å²) in [7, 11) is 0. The van der Waals surface area contributed by atoms with Crippen LogP contribution < -0.4 is 0 Å². The van der Waals surface area contributed by atoms with Gasteiger partial charge < -0.3 is 4.74 Å². The third-order valence-corrected chi connectivity index (χ3v) is 6.18. The van der Waals surface area contributed by atoms with E-state index in [1.807, 2.05) is 0 Å². The van der Waals surface area contributed by atoms with Gasteiger partial charge in [0.1, 0.15) is 0 Å². The van der Waals surface area contributed by atoms with Gasteiger partial charge in [0, 0.05) is 11.5 Å². The normalized spacial score (nSPS) is 47.5. The highest BCUT2D eigenvalue weighted by Gasteiger charge is 2.60. The molecule has 5 rings (SSSR count). The van der Waals surface area contributed by atoms with E-state index in [1.54, 1.807) is 0 Å². The molecule has 102 valence electrons. The molecule has 3 nitrogen and oxygen atoms in total. The highest BCUT2D eigenvalue weighted by atomic mass is 16.6. The van der Waals surface area contributed by atoms with E-state index in [-0.39, 0.29) is 11.4 Å². The van der Waals surface area contributed by atoms with Crippen LogP contribution in [-0.4, -0.2) is 11.9 Å². The molecule has 0 amide bonds. The number of hydrogen-bond acceptors (Lipinski definition) is 3. The van der Waals surface area contributed by atoms with Crippen LogP contribution in [0.3, 0.4) is 0 Å². The summed E-state index contributed by atoms with van der Waals surface area (Å²) in [6, 6.07) is 0. The average molecular weight is 260 g/mol. The van der Waals surface area contributed by atoms with E-state index in [0.717, 1.165) is 37.0 Å². The minimum atomic E-state index is -0.453. The number of esters is 2. The molecule has 5 aliphatic rings.